The fourth-order valence-corrected chi connectivity index (χ4v) is 22.6. The number of aromatic nitrogens is 6. The van der Waals surface area contributed by atoms with Crippen molar-refractivity contribution in [3.63, 3.8) is 0 Å². The van der Waals surface area contributed by atoms with E-state index in [1.54, 1.807) is 0 Å². The van der Waals surface area contributed by atoms with E-state index in [0.717, 1.165) is 143 Å². The lowest BCUT2D eigenvalue weighted by atomic mass is 9.49. The Morgan fingerprint density at radius 1 is 0.456 bits per heavy atom. The second-order valence-corrected chi connectivity index (χ2v) is 33.4. The molecule has 0 saturated heterocycles. The van der Waals surface area contributed by atoms with E-state index in [1.165, 1.54) is 89.9 Å². The molecular formula is C85H109N9O9. The van der Waals surface area contributed by atoms with Crippen LogP contribution in [0.5, 0.6) is 0 Å². The molecule has 103 heavy (non-hydrogen) atoms. The highest BCUT2D eigenvalue weighted by molar-refractivity contribution is 5.97. The molecule has 10 saturated carbocycles. The molecule has 6 aromatic rings. The van der Waals surface area contributed by atoms with Gasteiger partial charge in [0.05, 0.1) is 57.2 Å². The highest BCUT2D eigenvalue weighted by Crippen LogP contribution is 2.60. The molecule has 13 aliphatic carbocycles. The normalized spacial score (nSPS) is 30.0. The Hall–Kier alpha value is -7.89. The molecule has 3 aromatic carbocycles. The van der Waals surface area contributed by atoms with Crippen LogP contribution in [-0.2, 0) is 73.9 Å². The molecule has 3 N–H and O–H groups in total. The molecule has 19 rings (SSSR count). The summed E-state index contributed by atoms with van der Waals surface area (Å²) in [6.07, 6.45) is 27.3. The van der Waals surface area contributed by atoms with Gasteiger partial charge in [0, 0.05) is 58.8 Å². The Kier molecular flexibility index (Phi) is 21.3. The third kappa shape index (κ3) is 15.5. The molecule has 18 nitrogen and oxygen atoms in total. The van der Waals surface area contributed by atoms with E-state index < -0.39 is 11.8 Å². The van der Waals surface area contributed by atoms with E-state index in [4.69, 9.17) is 29.5 Å². The van der Waals surface area contributed by atoms with Gasteiger partial charge in [-0.05, 0) is 256 Å². The van der Waals surface area contributed by atoms with Gasteiger partial charge in [0.2, 0.25) is 0 Å². The van der Waals surface area contributed by atoms with Gasteiger partial charge in [-0.1, -0.05) is 97.9 Å². The van der Waals surface area contributed by atoms with Crippen molar-refractivity contribution in [3.05, 3.63) is 159 Å². The van der Waals surface area contributed by atoms with Crippen LogP contribution in [0, 0.1) is 70.5 Å². The summed E-state index contributed by atoms with van der Waals surface area (Å²) >= 11 is 0. The summed E-state index contributed by atoms with van der Waals surface area (Å²) in [5.41, 5.74) is 10.7. The summed E-state index contributed by atoms with van der Waals surface area (Å²) in [7, 11) is 0. The lowest BCUT2D eigenvalue weighted by Crippen LogP contribution is -2.56. The number of hydrogen-bond donors (Lipinski definition) is 3. The Labute approximate surface area is 608 Å². The molecule has 0 radical (unpaired) electrons. The van der Waals surface area contributed by atoms with Gasteiger partial charge in [-0.15, -0.1) is 0 Å². The quantitative estimate of drug-likeness (QED) is 0.0509. The smallest absolute Gasteiger partial charge is 0.313 e. The van der Waals surface area contributed by atoms with Gasteiger partial charge in [-0.2, -0.15) is 15.3 Å². The average Bonchev–Trinajstić information content (AvgIpc) is 1.75. The molecule has 3 aromatic heterocycles. The first-order valence-electron chi connectivity index (χ1n) is 39.9. The molecule has 13 aliphatic rings. The van der Waals surface area contributed by atoms with Crippen molar-refractivity contribution >= 4 is 35.6 Å². The topological polar surface area (TPSA) is 220 Å². The van der Waals surface area contributed by atoms with Crippen LogP contribution in [0.25, 0.3) is 0 Å². The Morgan fingerprint density at radius 3 is 1.35 bits per heavy atom. The maximum Gasteiger partial charge on any atom is 0.313 e. The number of fused-ring (bicyclic) bond motifs is 5. The van der Waals surface area contributed by atoms with E-state index in [1.807, 2.05) is 89.4 Å². The first-order chi connectivity index (χ1) is 50.1. The summed E-state index contributed by atoms with van der Waals surface area (Å²) in [6, 6.07) is 31.1. The molecule has 0 spiro atoms. The van der Waals surface area contributed by atoms with Crippen LogP contribution in [0.15, 0.2) is 91.0 Å². The zero-order valence-electron chi connectivity index (χ0n) is 61.3. The monoisotopic (exact) mass is 1400 g/mol. The van der Waals surface area contributed by atoms with E-state index in [0.29, 0.717) is 100 Å². The minimum atomic E-state index is -0.413. The Morgan fingerprint density at radius 2 is 0.874 bits per heavy atom. The summed E-state index contributed by atoms with van der Waals surface area (Å²) < 4.78 is 22.0. The van der Waals surface area contributed by atoms with Crippen LogP contribution in [0.3, 0.4) is 0 Å². The first kappa shape index (κ1) is 70.8. The zero-order chi connectivity index (χ0) is 70.9. The van der Waals surface area contributed by atoms with Crippen LogP contribution >= 0.6 is 0 Å². The number of benzene rings is 3. The number of amides is 3. The molecule has 3 amide bonds. The number of carbonyl (C=O) groups excluding carboxylic acids is 6. The van der Waals surface area contributed by atoms with E-state index >= 15 is 0 Å². The van der Waals surface area contributed by atoms with Crippen molar-refractivity contribution in [1.29, 1.82) is 0 Å². The number of ether oxygens (including phenoxy) is 3. The number of hydrogen-bond acceptors (Lipinski definition) is 12. The summed E-state index contributed by atoms with van der Waals surface area (Å²) in [5, 5.41) is 24.6. The SMILES string of the molecule is CCOC(=O)C1CCCc2c1c(C(=O)NC1C3CC4CC(C3)CC1C4)nn2Cc1ccccc1.CCOC(=O)C1CCCc2c1c(C(=O)NCC13CC4CC(CC(C4)C1)C3)nn2Cc1ccccc1.CCOC(=O)C1CCc2c(C(=O)NC3CC4CC(C)CC(C4)C3)nn(Cc3ccccc3)c2C1. The van der Waals surface area contributed by atoms with Crippen LogP contribution in [0.1, 0.15) is 256 Å². The van der Waals surface area contributed by atoms with Gasteiger partial charge in [0.1, 0.15) is 0 Å². The van der Waals surface area contributed by atoms with Gasteiger partial charge < -0.3 is 30.2 Å². The molecule has 5 unspecified atom stereocenters. The number of carbonyl (C=O) groups is 6. The van der Waals surface area contributed by atoms with Gasteiger partial charge in [-0.3, -0.25) is 42.8 Å². The van der Waals surface area contributed by atoms with Crippen LogP contribution in [0.2, 0.25) is 0 Å². The van der Waals surface area contributed by atoms with Gasteiger partial charge >= 0.3 is 17.9 Å². The second-order valence-electron chi connectivity index (χ2n) is 33.4. The van der Waals surface area contributed by atoms with Gasteiger partial charge in [0.15, 0.2) is 17.1 Å². The third-order valence-corrected chi connectivity index (χ3v) is 26.0. The van der Waals surface area contributed by atoms with Gasteiger partial charge in [0.25, 0.3) is 17.7 Å². The van der Waals surface area contributed by atoms with E-state index in [9.17, 15) is 28.8 Å². The maximum atomic E-state index is 13.8. The standard InChI is InChI=1S/C29H37N3O3.C28H35N3O3.C28H37N3O3/c1-2-35-28(34)23-9-6-10-24-25(23)26(31-32(24)17-19-7-4-3-5-8-19)27(33)30-18-29-14-20-11-21(15-29)13-22(12-20)16-29;1-2-34-28(33)22-9-6-10-23-24(22)26(30-31(23)16-17-7-4-3-5-8-17)27(32)29-25-20-12-18-11-19(14-20)15-21(25)13-18;1-3-34-28(33)22-9-10-24-25(16-22)31(17-19-7-5-4-6-8-19)30-26(24)27(32)29-23-14-20-11-18(2)12-21(13-20)15-23/h3-5,7-8,20-23H,2,6,9-18H2,1H3,(H,30,33);3-5,7-8,18-22,25H,2,6,9-16H2,1H3,(H,29,32);4-8,18,20-23H,3,9-17H2,1-2H3,(H,29,32). The number of esters is 3. The molecule has 0 aliphatic heterocycles. The summed E-state index contributed by atoms with van der Waals surface area (Å²) in [6.45, 7) is 11.5. The lowest BCUT2D eigenvalue weighted by Gasteiger charge is -2.56. The first-order valence-corrected chi connectivity index (χ1v) is 39.9. The van der Waals surface area contributed by atoms with Crippen molar-refractivity contribution < 1.29 is 43.0 Å². The predicted octanol–water partition coefficient (Wildman–Crippen LogP) is 13.9. The van der Waals surface area contributed by atoms with E-state index in [-0.39, 0.29) is 59.0 Å². The number of nitrogens with zero attached hydrogens (tertiary/aromatic N) is 6. The van der Waals surface area contributed by atoms with Gasteiger partial charge in [-0.25, -0.2) is 0 Å². The second kappa shape index (κ2) is 31.0. The molecule has 5 atom stereocenters. The van der Waals surface area contributed by atoms with Crippen molar-refractivity contribution in [2.75, 3.05) is 26.4 Å². The van der Waals surface area contributed by atoms with Crippen molar-refractivity contribution in [2.24, 2.45) is 70.5 Å². The summed E-state index contributed by atoms with van der Waals surface area (Å²) in [5.74, 6) is 5.90. The van der Waals surface area contributed by atoms with Crippen molar-refractivity contribution in [2.45, 2.75) is 232 Å². The number of nitrogens with one attached hydrogen (secondary N) is 3. The molecular weight excluding hydrogens is 1290 g/mol. The third-order valence-electron chi connectivity index (χ3n) is 26.0. The Balaban J connectivity index is 0.000000125. The van der Waals surface area contributed by atoms with Crippen molar-refractivity contribution in [3.8, 4) is 0 Å². The highest BCUT2D eigenvalue weighted by Gasteiger charge is 2.52. The molecule has 3 heterocycles. The minimum Gasteiger partial charge on any atom is -0.466 e. The van der Waals surface area contributed by atoms with Crippen molar-refractivity contribution in [1.82, 2.24) is 45.3 Å². The Bertz CT molecular complexity index is 3940. The highest BCUT2D eigenvalue weighted by atomic mass is 16.5. The predicted molar refractivity (Wildman–Crippen MR) is 392 cm³/mol. The molecule has 10 fully saturated rings. The molecule has 548 valence electrons. The molecule has 18 heteroatoms. The molecule has 10 bridgehead atoms. The fourth-order valence-electron chi connectivity index (χ4n) is 22.6. The van der Waals surface area contributed by atoms with Crippen LogP contribution in [0.4, 0.5) is 0 Å². The van der Waals surface area contributed by atoms with E-state index in [2.05, 4.69) is 59.3 Å². The fraction of sp³-hybridized carbons (Fsp3) is 0.612. The van der Waals surface area contributed by atoms with Crippen LogP contribution in [-0.4, -0.2) is 103 Å². The van der Waals surface area contributed by atoms with Crippen LogP contribution < -0.4 is 16.0 Å². The zero-order valence-corrected chi connectivity index (χ0v) is 61.3. The largest absolute Gasteiger partial charge is 0.466 e. The number of rotatable bonds is 19. The maximum absolute atomic E-state index is 13.8. The lowest BCUT2D eigenvalue weighted by molar-refractivity contribution is -0.148. The summed E-state index contributed by atoms with van der Waals surface area (Å²) in [4.78, 5) is 79.2. The minimum absolute atomic E-state index is 0.0457. The average molecular weight is 1400 g/mol.